The number of hydrogen-bond donors (Lipinski definition) is 2. The zero-order valence-electron chi connectivity index (χ0n) is 13.7. The molecule has 0 unspecified atom stereocenters. The van der Waals surface area contributed by atoms with Crippen molar-refractivity contribution in [3.05, 3.63) is 35.6 Å². The van der Waals surface area contributed by atoms with Crippen LogP contribution in [0.15, 0.2) is 24.3 Å². The largest absolute Gasteiger partial charge is 0.480 e. The van der Waals surface area contributed by atoms with Crippen LogP contribution < -0.4 is 5.32 Å². The number of amides is 1. The summed E-state index contributed by atoms with van der Waals surface area (Å²) in [7, 11) is 0. The van der Waals surface area contributed by atoms with Gasteiger partial charge >= 0.3 is 5.97 Å². The Morgan fingerprint density at radius 3 is 2.50 bits per heavy atom. The molecular formula is C18H23FN2O3. The van der Waals surface area contributed by atoms with E-state index < -0.39 is 5.97 Å². The molecule has 1 aromatic rings. The van der Waals surface area contributed by atoms with Crippen LogP contribution in [0.1, 0.15) is 37.7 Å². The van der Waals surface area contributed by atoms with Crippen LogP contribution in [0, 0.1) is 11.7 Å². The highest BCUT2D eigenvalue weighted by Gasteiger charge is 2.45. The van der Waals surface area contributed by atoms with Crippen molar-refractivity contribution in [2.45, 2.75) is 44.2 Å². The number of nitrogens with zero attached hydrogens (tertiary/aromatic N) is 1. The number of benzene rings is 1. The molecule has 1 aromatic carbocycles. The molecule has 5 nitrogen and oxygen atoms in total. The number of carbonyl (C=O) groups excluding carboxylic acids is 1. The first kappa shape index (κ1) is 16.9. The molecule has 2 saturated carbocycles. The lowest BCUT2D eigenvalue weighted by Crippen LogP contribution is -2.55. The molecule has 2 fully saturated rings. The number of halogens is 1. The highest BCUT2D eigenvalue weighted by molar-refractivity contribution is 5.83. The van der Waals surface area contributed by atoms with Crippen LogP contribution >= 0.6 is 0 Å². The lowest BCUT2D eigenvalue weighted by atomic mass is 9.85. The van der Waals surface area contributed by atoms with Gasteiger partial charge in [0.2, 0.25) is 5.91 Å². The molecule has 130 valence electrons. The molecular weight excluding hydrogens is 311 g/mol. The summed E-state index contributed by atoms with van der Waals surface area (Å²) in [4.78, 5) is 25.1. The van der Waals surface area contributed by atoms with Crippen molar-refractivity contribution in [3.8, 4) is 0 Å². The summed E-state index contributed by atoms with van der Waals surface area (Å²) in [5, 5.41) is 12.0. The minimum atomic E-state index is -0.815. The number of carboxylic acids is 1. The summed E-state index contributed by atoms with van der Waals surface area (Å²) < 4.78 is 12.9. The maximum Gasteiger partial charge on any atom is 0.317 e. The van der Waals surface area contributed by atoms with Crippen molar-refractivity contribution in [1.29, 1.82) is 0 Å². The van der Waals surface area contributed by atoms with Gasteiger partial charge in [-0.15, -0.1) is 0 Å². The molecule has 2 aliphatic carbocycles. The molecule has 0 heterocycles. The molecule has 0 bridgehead atoms. The standard InChI is InChI=1S/C18H23FN2O3/c1-2-21(10-17(22)23)14-7-13(8-14)20-18(24)16-9-15(16)11-3-5-12(19)6-4-11/h3-6,13-16H,2,7-10H2,1H3,(H,20,24)(H,22,23)/t13?,14?,15-,16-/m1/s1. The topological polar surface area (TPSA) is 69.6 Å². The first-order valence-electron chi connectivity index (χ1n) is 8.49. The van der Waals surface area contributed by atoms with Gasteiger partial charge in [-0.2, -0.15) is 0 Å². The number of likely N-dealkylation sites (N-methyl/N-ethyl adjacent to an activating group) is 1. The van der Waals surface area contributed by atoms with E-state index >= 15 is 0 Å². The average Bonchev–Trinajstić information content (AvgIpc) is 3.29. The average molecular weight is 334 g/mol. The Kier molecular flexibility index (Phi) is 4.85. The van der Waals surface area contributed by atoms with Crippen molar-refractivity contribution < 1.29 is 19.1 Å². The molecule has 24 heavy (non-hydrogen) atoms. The summed E-state index contributed by atoms with van der Waals surface area (Å²) in [6.45, 7) is 2.70. The van der Waals surface area contributed by atoms with Gasteiger partial charge < -0.3 is 10.4 Å². The Morgan fingerprint density at radius 2 is 1.92 bits per heavy atom. The monoisotopic (exact) mass is 334 g/mol. The maximum absolute atomic E-state index is 12.9. The summed E-state index contributed by atoms with van der Waals surface area (Å²) in [5.74, 6) is -0.835. The minimum absolute atomic E-state index is 0.0178. The van der Waals surface area contributed by atoms with E-state index in [-0.39, 0.29) is 42.2 Å². The predicted octanol–water partition coefficient (Wildman–Crippen LogP) is 1.98. The first-order chi connectivity index (χ1) is 11.5. The summed E-state index contributed by atoms with van der Waals surface area (Å²) in [6, 6.07) is 6.74. The van der Waals surface area contributed by atoms with Crippen molar-refractivity contribution in [2.75, 3.05) is 13.1 Å². The molecule has 2 aliphatic rings. The normalized spacial score (nSPS) is 28.3. The van der Waals surface area contributed by atoms with Gasteiger partial charge in [-0.3, -0.25) is 14.5 Å². The van der Waals surface area contributed by atoms with Crippen molar-refractivity contribution in [2.24, 2.45) is 5.92 Å². The minimum Gasteiger partial charge on any atom is -0.480 e. The van der Waals surface area contributed by atoms with Crippen LogP contribution in [0.5, 0.6) is 0 Å². The number of aliphatic carboxylic acids is 1. The van der Waals surface area contributed by atoms with Gasteiger partial charge in [0, 0.05) is 18.0 Å². The summed E-state index contributed by atoms with van der Waals surface area (Å²) in [5.41, 5.74) is 1.02. The second-order valence-electron chi connectivity index (χ2n) is 6.79. The van der Waals surface area contributed by atoms with Gasteiger partial charge in [0.25, 0.3) is 0 Å². The smallest absolute Gasteiger partial charge is 0.317 e. The molecule has 0 spiro atoms. The van der Waals surface area contributed by atoms with Crippen LogP contribution in [-0.4, -0.2) is 47.1 Å². The second-order valence-corrected chi connectivity index (χ2v) is 6.79. The van der Waals surface area contributed by atoms with E-state index in [2.05, 4.69) is 5.32 Å². The van der Waals surface area contributed by atoms with E-state index in [4.69, 9.17) is 5.11 Å². The first-order valence-corrected chi connectivity index (χ1v) is 8.49. The van der Waals surface area contributed by atoms with Crippen LogP contribution in [0.3, 0.4) is 0 Å². The van der Waals surface area contributed by atoms with E-state index in [1.54, 1.807) is 12.1 Å². The number of nitrogens with one attached hydrogen (secondary N) is 1. The molecule has 0 aromatic heterocycles. The fraction of sp³-hybridized carbons (Fsp3) is 0.556. The van der Waals surface area contributed by atoms with Crippen LogP contribution in [0.4, 0.5) is 4.39 Å². The molecule has 2 atom stereocenters. The van der Waals surface area contributed by atoms with Crippen LogP contribution in [0.2, 0.25) is 0 Å². The van der Waals surface area contributed by atoms with Gasteiger partial charge in [0.1, 0.15) is 5.82 Å². The highest BCUT2D eigenvalue weighted by Crippen LogP contribution is 2.47. The van der Waals surface area contributed by atoms with Gasteiger partial charge in [0.05, 0.1) is 6.54 Å². The van der Waals surface area contributed by atoms with Gasteiger partial charge in [0.15, 0.2) is 0 Å². The van der Waals surface area contributed by atoms with E-state index in [0.717, 1.165) is 24.8 Å². The number of rotatable bonds is 7. The SMILES string of the molecule is CCN(CC(=O)O)C1CC(NC(=O)[C@@H]2C[C@@H]2c2ccc(F)cc2)C1. The lowest BCUT2D eigenvalue weighted by Gasteiger charge is -2.42. The summed E-state index contributed by atoms with van der Waals surface area (Å²) in [6.07, 6.45) is 2.43. The van der Waals surface area contributed by atoms with Crippen molar-refractivity contribution >= 4 is 11.9 Å². The fourth-order valence-corrected chi connectivity index (χ4v) is 3.55. The Balaban J connectivity index is 1.43. The van der Waals surface area contributed by atoms with Gasteiger partial charge in [-0.05, 0) is 49.4 Å². The van der Waals surface area contributed by atoms with Gasteiger partial charge in [-0.25, -0.2) is 4.39 Å². The van der Waals surface area contributed by atoms with Crippen molar-refractivity contribution in [3.63, 3.8) is 0 Å². The Morgan fingerprint density at radius 1 is 1.25 bits per heavy atom. The van der Waals surface area contributed by atoms with E-state index in [1.807, 2.05) is 11.8 Å². The molecule has 2 N–H and O–H groups in total. The van der Waals surface area contributed by atoms with E-state index in [1.165, 1.54) is 12.1 Å². The second kappa shape index (κ2) is 6.89. The number of carboxylic acid groups (broad SMARTS) is 1. The summed E-state index contributed by atoms with van der Waals surface area (Å²) >= 11 is 0. The van der Waals surface area contributed by atoms with Gasteiger partial charge in [-0.1, -0.05) is 19.1 Å². The molecule has 1 amide bonds. The maximum atomic E-state index is 12.9. The van der Waals surface area contributed by atoms with Crippen LogP contribution in [0.25, 0.3) is 0 Å². The zero-order valence-corrected chi connectivity index (χ0v) is 13.7. The van der Waals surface area contributed by atoms with E-state index in [9.17, 15) is 14.0 Å². The molecule has 3 rings (SSSR count). The quantitative estimate of drug-likeness (QED) is 0.800. The Labute approximate surface area is 140 Å². The zero-order chi connectivity index (χ0) is 17.3. The molecule has 0 aliphatic heterocycles. The third-order valence-corrected chi connectivity index (χ3v) is 5.15. The molecule has 6 heteroatoms. The Bertz CT molecular complexity index is 613. The molecule has 0 radical (unpaired) electrons. The van der Waals surface area contributed by atoms with Crippen LogP contribution in [-0.2, 0) is 9.59 Å². The highest BCUT2D eigenvalue weighted by atomic mass is 19.1. The molecule has 0 saturated heterocycles. The predicted molar refractivity (Wildman–Crippen MR) is 87.1 cm³/mol. The number of carbonyl (C=O) groups is 2. The number of hydrogen-bond acceptors (Lipinski definition) is 3. The third-order valence-electron chi connectivity index (χ3n) is 5.15. The van der Waals surface area contributed by atoms with Crippen molar-refractivity contribution in [1.82, 2.24) is 10.2 Å². The lowest BCUT2D eigenvalue weighted by molar-refractivity contribution is -0.139. The Hall–Kier alpha value is -1.95. The fourth-order valence-electron chi connectivity index (χ4n) is 3.55. The third kappa shape index (κ3) is 3.75. The van der Waals surface area contributed by atoms with E-state index in [0.29, 0.717) is 6.54 Å².